The maximum atomic E-state index is 2.61. The molecule has 22 heavy (non-hydrogen) atoms. The van der Waals surface area contributed by atoms with Crippen LogP contribution in [0.3, 0.4) is 0 Å². The zero-order chi connectivity index (χ0) is 15.5. The Labute approximate surface area is 144 Å². The maximum absolute atomic E-state index is 2.61. The molecule has 2 heteroatoms. The Morgan fingerprint density at radius 1 is 1.00 bits per heavy atom. The number of halogens is 1. The van der Waals surface area contributed by atoms with Crippen molar-refractivity contribution in [2.24, 2.45) is 0 Å². The molecule has 0 bridgehead atoms. The number of aryl methyl sites for hydroxylation is 1. The van der Waals surface area contributed by atoms with Gasteiger partial charge in [0.2, 0.25) is 0 Å². The number of benzene rings is 1. The smallest absolute Gasteiger partial charge is 0.0236 e. The fraction of sp³-hybridized carbons (Fsp3) is 0.700. The fourth-order valence-electron chi connectivity index (χ4n) is 3.03. The minimum atomic E-state index is 0. The Kier molecular flexibility index (Phi) is 12.6. The van der Waals surface area contributed by atoms with Crippen LogP contribution in [-0.4, -0.2) is 17.5 Å². The Hall–Kier alpha value is -0.530. The molecule has 0 spiro atoms. The molecule has 0 fully saturated rings. The van der Waals surface area contributed by atoms with Gasteiger partial charge in [-0.15, -0.1) is 12.4 Å². The van der Waals surface area contributed by atoms with E-state index in [-0.39, 0.29) is 12.4 Å². The predicted molar refractivity (Wildman–Crippen MR) is 102 cm³/mol. The molecule has 1 aromatic rings. The van der Waals surface area contributed by atoms with Crippen molar-refractivity contribution >= 4 is 12.4 Å². The molecule has 0 aliphatic heterocycles. The summed E-state index contributed by atoms with van der Waals surface area (Å²) in [5.41, 5.74) is 2.82. The first-order valence-electron chi connectivity index (χ1n) is 8.97. The van der Waals surface area contributed by atoms with Gasteiger partial charge < -0.3 is 0 Å². The summed E-state index contributed by atoms with van der Waals surface area (Å²) in [4.78, 5) is 2.61. The van der Waals surface area contributed by atoms with Crippen LogP contribution < -0.4 is 0 Å². The van der Waals surface area contributed by atoms with Crippen LogP contribution in [0.4, 0.5) is 0 Å². The Morgan fingerprint density at radius 2 is 1.68 bits per heavy atom. The van der Waals surface area contributed by atoms with Crippen LogP contribution in [0.2, 0.25) is 0 Å². The van der Waals surface area contributed by atoms with Crippen molar-refractivity contribution in [3.8, 4) is 0 Å². The van der Waals surface area contributed by atoms with Gasteiger partial charge in [0.15, 0.2) is 0 Å². The highest BCUT2D eigenvalue weighted by Gasteiger charge is 2.12. The molecule has 1 aromatic carbocycles. The van der Waals surface area contributed by atoms with E-state index in [1.807, 2.05) is 0 Å². The zero-order valence-electron chi connectivity index (χ0n) is 15.1. The van der Waals surface area contributed by atoms with Gasteiger partial charge >= 0.3 is 0 Å². The van der Waals surface area contributed by atoms with Crippen LogP contribution in [0.25, 0.3) is 0 Å². The van der Waals surface area contributed by atoms with Gasteiger partial charge in [-0.3, -0.25) is 4.90 Å². The van der Waals surface area contributed by atoms with E-state index in [9.17, 15) is 0 Å². The highest BCUT2D eigenvalue weighted by Crippen LogP contribution is 2.15. The zero-order valence-corrected chi connectivity index (χ0v) is 15.9. The Balaban J connectivity index is 0.00000441. The van der Waals surface area contributed by atoms with Crippen LogP contribution >= 0.6 is 12.4 Å². The van der Waals surface area contributed by atoms with E-state index in [2.05, 4.69) is 56.9 Å². The van der Waals surface area contributed by atoms with E-state index in [1.165, 1.54) is 56.1 Å². The van der Waals surface area contributed by atoms with Gasteiger partial charge in [-0.1, -0.05) is 82.2 Å². The molecule has 0 saturated heterocycles. The highest BCUT2D eigenvalue weighted by molar-refractivity contribution is 5.85. The second-order valence-electron chi connectivity index (χ2n) is 6.46. The first-order valence-corrected chi connectivity index (χ1v) is 8.97. The van der Waals surface area contributed by atoms with Gasteiger partial charge in [-0.2, -0.15) is 0 Å². The number of rotatable bonds is 11. The quantitative estimate of drug-likeness (QED) is 0.427. The summed E-state index contributed by atoms with van der Waals surface area (Å²) < 4.78 is 0. The van der Waals surface area contributed by atoms with Crippen LogP contribution in [0.5, 0.6) is 0 Å². The van der Waals surface area contributed by atoms with Crippen LogP contribution in [0.1, 0.15) is 76.8 Å². The van der Waals surface area contributed by atoms with Crippen molar-refractivity contribution in [3.05, 3.63) is 35.4 Å². The van der Waals surface area contributed by atoms with Crippen molar-refractivity contribution < 1.29 is 0 Å². The number of unbranched alkanes of at least 4 members (excludes halogenated alkanes) is 5. The van der Waals surface area contributed by atoms with E-state index in [4.69, 9.17) is 0 Å². The lowest BCUT2D eigenvalue weighted by atomic mass is 10.0. The minimum absolute atomic E-state index is 0. The summed E-state index contributed by atoms with van der Waals surface area (Å²) in [7, 11) is 0. The molecule has 0 aromatic heterocycles. The third-order valence-corrected chi connectivity index (χ3v) is 4.47. The van der Waals surface area contributed by atoms with E-state index >= 15 is 0 Å². The topological polar surface area (TPSA) is 3.24 Å². The van der Waals surface area contributed by atoms with Crippen molar-refractivity contribution in [2.75, 3.05) is 6.54 Å². The maximum Gasteiger partial charge on any atom is 0.0236 e. The van der Waals surface area contributed by atoms with Gasteiger partial charge in [0, 0.05) is 12.6 Å². The van der Waals surface area contributed by atoms with Crippen LogP contribution in [0, 0.1) is 6.92 Å². The standard InChI is InChI=1S/C20H35N.ClH/c1-5-7-8-9-10-11-14-19(4)21(6-2)17-20-15-12-13-18(3)16-20;/h12-13,15-16,19H,5-11,14,17H2,1-4H3;1H. The van der Waals surface area contributed by atoms with Gasteiger partial charge in [0.25, 0.3) is 0 Å². The lowest BCUT2D eigenvalue weighted by molar-refractivity contribution is 0.197. The van der Waals surface area contributed by atoms with Crippen molar-refractivity contribution in [3.63, 3.8) is 0 Å². The summed E-state index contributed by atoms with van der Waals surface area (Å²) in [6.07, 6.45) is 9.73. The van der Waals surface area contributed by atoms with E-state index in [0.717, 1.165) is 13.1 Å². The first-order chi connectivity index (χ1) is 10.2. The first kappa shape index (κ1) is 21.5. The van der Waals surface area contributed by atoms with Gasteiger partial charge in [-0.25, -0.2) is 0 Å². The second kappa shape index (κ2) is 13.0. The summed E-state index contributed by atoms with van der Waals surface area (Å²) in [6.45, 7) is 11.4. The van der Waals surface area contributed by atoms with Crippen molar-refractivity contribution in [1.82, 2.24) is 4.90 Å². The predicted octanol–water partition coefficient (Wildman–Crippen LogP) is 6.38. The third-order valence-electron chi connectivity index (χ3n) is 4.47. The Morgan fingerprint density at radius 3 is 2.32 bits per heavy atom. The van der Waals surface area contributed by atoms with Crippen LogP contribution in [-0.2, 0) is 6.54 Å². The minimum Gasteiger partial charge on any atom is -0.297 e. The van der Waals surface area contributed by atoms with E-state index in [1.54, 1.807) is 0 Å². The molecule has 1 unspecified atom stereocenters. The summed E-state index contributed by atoms with van der Waals surface area (Å²) >= 11 is 0. The van der Waals surface area contributed by atoms with E-state index in [0.29, 0.717) is 6.04 Å². The highest BCUT2D eigenvalue weighted by atomic mass is 35.5. The number of nitrogens with zero attached hydrogens (tertiary/aromatic N) is 1. The van der Waals surface area contributed by atoms with Crippen molar-refractivity contribution in [2.45, 2.75) is 85.2 Å². The average Bonchev–Trinajstić information content (AvgIpc) is 2.48. The van der Waals surface area contributed by atoms with Crippen LogP contribution in [0.15, 0.2) is 24.3 Å². The van der Waals surface area contributed by atoms with Gasteiger partial charge in [0.1, 0.15) is 0 Å². The van der Waals surface area contributed by atoms with Gasteiger partial charge in [-0.05, 0) is 32.4 Å². The average molecular weight is 326 g/mol. The Bertz CT molecular complexity index is 378. The molecular weight excluding hydrogens is 290 g/mol. The molecule has 0 N–H and O–H groups in total. The lowest BCUT2D eigenvalue weighted by Gasteiger charge is -2.28. The normalized spacial score (nSPS) is 12.2. The molecule has 1 nitrogen and oxygen atoms in total. The largest absolute Gasteiger partial charge is 0.297 e. The molecule has 0 amide bonds. The molecule has 0 aliphatic carbocycles. The molecule has 128 valence electrons. The summed E-state index contributed by atoms with van der Waals surface area (Å²) in [5, 5.41) is 0. The fourth-order valence-corrected chi connectivity index (χ4v) is 3.03. The summed E-state index contributed by atoms with van der Waals surface area (Å²) in [6, 6.07) is 9.63. The van der Waals surface area contributed by atoms with Gasteiger partial charge in [0.05, 0.1) is 0 Å². The monoisotopic (exact) mass is 325 g/mol. The molecule has 0 heterocycles. The lowest BCUT2D eigenvalue weighted by Crippen LogP contribution is -2.32. The molecular formula is C20H36ClN. The van der Waals surface area contributed by atoms with Crippen molar-refractivity contribution in [1.29, 1.82) is 0 Å². The molecule has 0 aliphatic rings. The molecule has 0 radical (unpaired) electrons. The molecule has 0 saturated carbocycles. The van der Waals surface area contributed by atoms with E-state index < -0.39 is 0 Å². The number of hydrogen-bond donors (Lipinski definition) is 0. The summed E-state index contributed by atoms with van der Waals surface area (Å²) in [5.74, 6) is 0. The molecule has 1 atom stereocenters. The number of hydrogen-bond acceptors (Lipinski definition) is 1. The second-order valence-corrected chi connectivity index (χ2v) is 6.46. The molecule has 1 rings (SSSR count). The SMILES string of the molecule is CCCCCCCCC(C)N(CC)Cc1cccc(C)c1.Cl. The third kappa shape index (κ3) is 8.80.